The van der Waals surface area contributed by atoms with E-state index >= 15 is 0 Å². The van der Waals surface area contributed by atoms with E-state index in [4.69, 9.17) is 11.6 Å². The zero-order valence-electron chi connectivity index (χ0n) is 9.34. The van der Waals surface area contributed by atoms with Gasteiger partial charge in [0, 0.05) is 30.2 Å². The maximum Gasteiger partial charge on any atom is 0.0339 e. The van der Waals surface area contributed by atoms with Crippen LogP contribution in [-0.2, 0) is 0 Å². The van der Waals surface area contributed by atoms with Crippen LogP contribution in [0.25, 0.3) is 0 Å². The van der Waals surface area contributed by atoms with E-state index in [0.29, 0.717) is 6.04 Å². The molecular weight excluding hydrogens is 208 g/mol. The summed E-state index contributed by atoms with van der Waals surface area (Å²) < 4.78 is 0. The van der Waals surface area contributed by atoms with E-state index in [1.54, 1.807) is 0 Å². The Labute approximate surface area is 97.7 Å². The molecule has 86 valence electrons. The van der Waals surface area contributed by atoms with Crippen LogP contribution in [0.2, 0.25) is 0 Å². The average molecular weight is 229 g/mol. The van der Waals surface area contributed by atoms with E-state index in [9.17, 15) is 0 Å². The van der Waals surface area contributed by atoms with Crippen molar-refractivity contribution in [1.82, 2.24) is 10.2 Å². The fourth-order valence-electron chi connectivity index (χ4n) is 2.37. The summed E-state index contributed by atoms with van der Waals surface area (Å²) in [7, 11) is 0. The Kier molecular flexibility index (Phi) is 4.06. The summed E-state index contributed by atoms with van der Waals surface area (Å²) >= 11 is 5.91. The van der Waals surface area contributed by atoms with Gasteiger partial charge in [-0.1, -0.05) is 24.6 Å². The van der Waals surface area contributed by atoms with E-state index in [1.165, 1.54) is 38.6 Å². The van der Waals surface area contributed by atoms with Crippen LogP contribution < -0.4 is 5.32 Å². The van der Waals surface area contributed by atoms with E-state index in [1.807, 2.05) is 0 Å². The highest BCUT2D eigenvalue weighted by atomic mass is 35.5. The molecular formula is C12H21ClN2. The van der Waals surface area contributed by atoms with Gasteiger partial charge in [-0.3, -0.25) is 4.90 Å². The molecule has 1 saturated carbocycles. The van der Waals surface area contributed by atoms with E-state index < -0.39 is 0 Å². The van der Waals surface area contributed by atoms with E-state index in [0.717, 1.165) is 24.2 Å². The Hall–Kier alpha value is -0.0500. The molecule has 2 rings (SSSR count). The Morgan fingerprint density at radius 2 is 2.13 bits per heavy atom. The fraction of sp³-hybridized carbons (Fsp3) is 0.833. The first-order chi connectivity index (χ1) is 7.25. The van der Waals surface area contributed by atoms with Crippen LogP contribution in [0.5, 0.6) is 0 Å². The molecule has 1 heterocycles. The Bertz CT molecular complexity index is 220. The van der Waals surface area contributed by atoms with Gasteiger partial charge in [-0.05, 0) is 32.2 Å². The predicted octanol–water partition coefficient (Wildman–Crippen LogP) is 2.35. The minimum absolute atomic E-state index is 0.676. The molecule has 1 atom stereocenters. The van der Waals surface area contributed by atoms with Crippen LogP contribution >= 0.6 is 11.6 Å². The van der Waals surface area contributed by atoms with Crippen LogP contribution in [0.15, 0.2) is 11.6 Å². The van der Waals surface area contributed by atoms with Crippen molar-refractivity contribution in [3.05, 3.63) is 11.6 Å². The average Bonchev–Trinajstić information content (AvgIpc) is 3.01. The van der Waals surface area contributed by atoms with Gasteiger partial charge >= 0.3 is 0 Å². The molecule has 2 aliphatic rings. The molecule has 0 amide bonds. The van der Waals surface area contributed by atoms with Crippen molar-refractivity contribution >= 4 is 11.6 Å². The van der Waals surface area contributed by atoms with Gasteiger partial charge in [0.1, 0.15) is 0 Å². The Balaban J connectivity index is 1.79. The number of hydrogen-bond donors (Lipinski definition) is 1. The first-order valence-corrected chi connectivity index (χ1v) is 6.44. The van der Waals surface area contributed by atoms with Crippen LogP contribution in [0.3, 0.4) is 0 Å². The first-order valence-electron chi connectivity index (χ1n) is 6.06. The highest BCUT2D eigenvalue weighted by molar-refractivity contribution is 6.29. The Morgan fingerprint density at radius 1 is 1.33 bits per heavy atom. The van der Waals surface area contributed by atoms with Gasteiger partial charge < -0.3 is 5.32 Å². The summed E-state index contributed by atoms with van der Waals surface area (Å²) in [5.41, 5.74) is 0. The molecule has 0 radical (unpaired) electrons. The predicted molar refractivity (Wildman–Crippen MR) is 65.2 cm³/mol. The lowest BCUT2D eigenvalue weighted by Gasteiger charge is -2.30. The lowest BCUT2D eigenvalue weighted by Crippen LogP contribution is -2.44. The van der Waals surface area contributed by atoms with Crippen molar-refractivity contribution < 1.29 is 0 Å². The van der Waals surface area contributed by atoms with Crippen molar-refractivity contribution in [2.45, 2.75) is 44.2 Å². The number of piperidine rings is 1. The number of halogens is 1. The van der Waals surface area contributed by atoms with Gasteiger partial charge in [-0.2, -0.15) is 0 Å². The van der Waals surface area contributed by atoms with Gasteiger partial charge in [0.05, 0.1) is 0 Å². The number of hydrogen-bond acceptors (Lipinski definition) is 2. The maximum absolute atomic E-state index is 5.91. The molecule has 0 aromatic rings. The third kappa shape index (κ3) is 3.78. The second kappa shape index (κ2) is 5.33. The molecule has 0 aromatic heterocycles. The highest BCUT2D eigenvalue weighted by Crippen LogP contribution is 2.28. The van der Waals surface area contributed by atoms with E-state index in [2.05, 4.69) is 16.8 Å². The molecule has 0 spiro atoms. The van der Waals surface area contributed by atoms with Gasteiger partial charge in [-0.15, -0.1) is 0 Å². The number of rotatable bonds is 5. The summed E-state index contributed by atoms with van der Waals surface area (Å²) in [6.45, 7) is 7.00. The molecule has 0 bridgehead atoms. The summed E-state index contributed by atoms with van der Waals surface area (Å²) in [5.74, 6) is 0. The highest BCUT2D eigenvalue weighted by Gasteiger charge is 2.30. The lowest BCUT2D eigenvalue weighted by molar-refractivity contribution is 0.233. The molecule has 2 fully saturated rings. The van der Waals surface area contributed by atoms with Crippen molar-refractivity contribution in [2.24, 2.45) is 0 Å². The molecule has 0 aromatic carbocycles. The summed E-state index contributed by atoms with van der Waals surface area (Å²) in [5, 5.41) is 4.37. The Morgan fingerprint density at radius 3 is 2.67 bits per heavy atom. The monoisotopic (exact) mass is 228 g/mol. The van der Waals surface area contributed by atoms with Gasteiger partial charge in [-0.25, -0.2) is 0 Å². The zero-order valence-corrected chi connectivity index (χ0v) is 10.1. The van der Waals surface area contributed by atoms with Crippen LogP contribution in [0.4, 0.5) is 0 Å². The molecule has 3 heteroatoms. The third-order valence-corrected chi connectivity index (χ3v) is 3.42. The van der Waals surface area contributed by atoms with Crippen molar-refractivity contribution in [2.75, 3.05) is 19.6 Å². The van der Waals surface area contributed by atoms with Crippen LogP contribution in [-0.4, -0.2) is 36.6 Å². The standard InChI is InChI=1S/C12H21ClN2/c1-10(13)8-15(12-5-6-12)9-11-4-2-3-7-14-11/h11-12,14H,1-9H2. The van der Waals surface area contributed by atoms with Crippen molar-refractivity contribution in [1.29, 1.82) is 0 Å². The normalized spacial score (nSPS) is 26.9. The third-order valence-electron chi connectivity index (χ3n) is 3.31. The minimum Gasteiger partial charge on any atom is -0.313 e. The molecule has 1 aliphatic heterocycles. The maximum atomic E-state index is 5.91. The summed E-state index contributed by atoms with van der Waals surface area (Å²) in [4.78, 5) is 2.50. The fourth-order valence-corrected chi connectivity index (χ4v) is 2.52. The largest absolute Gasteiger partial charge is 0.313 e. The summed E-state index contributed by atoms with van der Waals surface area (Å²) in [6.07, 6.45) is 6.71. The second-order valence-corrected chi connectivity index (χ2v) is 5.36. The van der Waals surface area contributed by atoms with Crippen molar-refractivity contribution in [3.8, 4) is 0 Å². The number of nitrogens with zero attached hydrogens (tertiary/aromatic N) is 1. The van der Waals surface area contributed by atoms with Crippen LogP contribution in [0, 0.1) is 0 Å². The molecule has 1 unspecified atom stereocenters. The van der Waals surface area contributed by atoms with Crippen molar-refractivity contribution in [3.63, 3.8) is 0 Å². The molecule has 2 nitrogen and oxygen atoms in total. The number of nitrogens with one attached hydrogen (secondary N) is 1. The van der Waals surface area contributed by atoms with Gasteiger partial charge in [0.25, 0.3) is 0 Å². The SMILES string of the molecule is C=C(Cl)CN(CC1CCCCN1)C1CC1. The summed E-state index contributed by atoms with van der Waals surface area (Å²) in [6, 6.07) is 1.46. The zero-order chi connectivity index (χ0) is 10.7. The smallest absolute Gasteiger partial charge is 0.0339 e. The second-order valence-electron chi connectivity index (χ2n) is 4.82. The molecule has 15 heavy (non-hydrogen) atoms. The molecule has 1 saturated heterocycles. The lowest BCUT2D eigenvalue weighted by atomic mass is 10.0. The molecule has 1 N–H and O–H groups in total. The quantitative estimate of drug-likeness (QED) is 0.777. The van der Waals surface area contributed by atoms with E-state index in [-0.39, 0.29) is 0 Å². The van der Waals surface area contributed by atoms with Gasteiger partial charge in [0.15, 0.2) is 0 Å². The molecule has 1 aliphatic carbocycles. The first kappa shape index (κ1) is 11.4. The minimum atomic E-state index is 0.676. The van der Waals surface area contributed by atoms with Crippen LogP contribution in [0.1, 0.15) is 32.1 Å². The topological polar surface area (TPSA) is 15.3 Å². The van der Waals surface area contributed by atoms with Gasteiger partial charge in [0.2, 0.25) is 0 Å².